The molecule has 0 fully saturated rings. The van der Waals surface area contributed by atoms with Gasteiger partial charge < -0.3 is 0 Å². The zero-order chi connectivity index (χ0) is 12.5. The summed E-state index contributed by atoms with van der Waals surface area (Å²) in [5.41, 5.74) is 0.482. The lowest BCUT2D eigenvalue weighted by molar-refractivity contribution is -0.137. The number of benzene rings is 1. The van der Waals surface area contributed by atoms with E-state index >= 15 is 0 Å². The Hall–Kier alpha value is -1.49. The Balaban J connectivity index is 2.46. The molecular weight excluding hydrogens is 247 g/mol. The molecule has 1 heterocycles. The third-order valence-corrected chi connectivity index (χ3v) is 2.64. The van der Waals surface area contributed by atoms with Crippen LogP contribution in [0.2, 0.25) is 0 Å². The summed E-state index contributed by atoms with van der Waals surface area (Å²) in [7, 11) is 0. The topological polar surface area (TPSA) is 12.9 Å². The van der Waals surface area contributed by atoms with Crippen molar-refractivity contribution in [2.75, 3.05) is 0 Å². The average Bonchev–Trinajstić information content (AvgIpc) is 2.29. The summed E-state index contributed by atoms with van der Waals surface area (Å²) in [6.07, 6.45) is -2.76. The molecule has 5 heteroatoms. The van der Waals surface area contributed by atoms with Gasteiger partial charge in [0.15, 0.2) is 0 Å². The molecule has 0 aliphatic heterocycles. The number of aromatic nitrogens is 1. The van der Waals surface area contributed by atoms with E-state index in [0.29, 0.717) is 11.3 Å². The van der Waals surface area contributed by atoms with Gasteiger partial charge >= 0.3 is 6.18 Å². The van der Waals surface area contributed by atoms with Crippen LogP contribution in [0.4, 0.5) is 13.2 Å². The van der Waals surface area contributed by atoms with Crippen molar-refractivity contribution >= 4 is 12.6 Å². The van der Waals surface area contributed by atoms with Crippen LogP contribution in [0.25, 0.3) is 11.3 Å². The van der Waals surface area contributed by atoms with E-state index in [2.05, 4.69) is 17.6 Å². The Labute approximate surface area is 102 Å². The van der Waals surface area contributed by atoms with Gasteiger partial charge in [-0.3, -0.25) is 4.98 Å². The minimum Gasteiger partial charge on any atom is -0.256 e. The number of alkyl halides is 3. The Kier molecular flexibility index (Phi) is 3.11. The number of hydrogen-bond donors (Lipinski definition) is 1. The van der Waals surface area contributed by atoms with Crippen molar-refractivity contribution in [1.29, 1.82) is 0 Å². The van der Waals surface area contributed by atoms with Gasteiger partial charge in [0.05, 0.1) is 11.3 Å². The van der Waals surface area contributed by atoms with Crippen molar-refractivity contribution in [3.63, 3.8) is 0 Å². The van der Waals surface area contributed by atoms with E-state index in [4.69, 9.17) is 0 Å². The fourth-order valence-corrected chi connectivity index (χ4v) is 1.77. The maximum absolute atomic E-state index is 12.5. The monoisotopic (exact) mass is 255 g/mol. The summed E-state index contributed by atoms with van der Waals surface area (Å²) in [4.78, 5) is 4.33. The largest absolute Gasteiger partial charge is 0.416 e. The van der Waals surface area contributed by atoms with Crippen molar-refractivity contribution in [2.24, 2.45) is 0 Å². The first kappa shape index (κ1) is 12.0. The fourth-order valence-electron chi connectivity index (χ4n) is 1.45. The van der Waals surface area contributed by atoms with Crippen molar-refractivity contribution in [3.05, 3.63) is 48.2 Å². The van der Waals surface area contributed by atoms with Gasteiger partial charge in [-0.05, 0) is 24.3 Å². The van der Waals surface area contributed by atoms with Crippen LogP contribution in [-0.4, -0.2) is 4.98 Å². The summed E-state index contributed by atoms with van der Waals surface area (Å²) in [6.45, 7) is 0. The zero-order valence-corrected chi connectivity index (χ0v) is 9.46. The highest BCUT2D eigenvalue weighted by Gasteiger charge is 2.30. The molecule has 0 N–H and O–H groups in total. The van der Waals surface area contributed by atoms with Gasteiger partial charge in [-0.2, -0.15) is 13.2 Å². The SMILES string of the molecule is FC(F)(F)c1ccc(-c2ccccn2)c(S)c1. The third-order valence-electron chi connectivity index (χ3n) is 2.27. The second kappa shape index (κ2) is 4.41. The lowest BCUT2D eigenvalue weighted by atomic mass is 10.1. The van der Waals surface area contributed by atoms with Gasteiger partial charge in [0.1, 0.15) is 0 Å². The molecule has 0 bridgehead atoms. The van der Waals surface area contributed by atoms with Crippen LogP contribution in [0.1, 0.15) is 5.56 Å². The number of halogens is 3. The molecule has 0 saturated carbocycles. The molecule has 0 atom stereocenters. The highest BCUT2D eigenvalue weighted by Crippen LogP contribution is 2.34. The minimum atomic E-state index is -4.35. The summed E-state index contributed by atoms with van der Waals surface area (Å²) in [5.74, 6) is 0. The molecule has 1 aromatic carbocycles. The van der Waals surface area contributed by atoms with Crippen LogP contribution in [0.15, 0.2) is 47.5 Å². The summed E-state index contributed by atoms with van der Waals surface area (Å²) in [5, 5.41) is 0. The van der Waals surface area contributed by atoms with Crippen molar-refractivity contribution < 1.29 is 13.2 Å². The van der Waals surface area contributed by atoms with Crippen molar-refractivity contribution in [3.8, 4) is 11.3 Å². The van der Waals surface area contributed by atoms with Gasteiger partial charge in [0.25, 0.3) is 0 Å². The quantitative estimate of drug-likeness (QED) is 0.758. The molecule has 0 aliphatic carbocycles. The summed E-state index contributed by atoms with van der Waals surface area (Å²) in [6, 6.07) is 8.66. The lowest BCUT2D eigenvalue weighted by Crippen LogP contribution is -2.04. The molecule has 0 aliphatic rings. The van der Waals surface area contributed by atoms with Gasteiger partial charge in [-0.15, -0.1) is 12.6 Å². The third kappa shape index (κ3) is 2.61. The first-order valence-corrected chi connectivity index (χ1v) is 5.25. The van der Waals surface area contributed by atoms with Crippen LogP contribution < -0.4 is 0 Å². The molecule has 1 aromatic heterocycles. The van der Waals surface area contributed by atoms with E-state index in [-0.39, 0.29) is 4.90 Å². The van der Waals surface area contributed by atoms with E-state index in [1.165, 1.54) is 6.07 Å². The first-order valence-electron chi connectivity index (χ1n) is 4.80. The molecule has 0 spiro atoms. The molecule has 2 rings (SSSR count). The van der Waals surface area contributed by atoms with Gasteiger partial charge in [0.2, 0.25) is 0 Å². The van der Waals surface area contributed by atoms with Crippen LogP contribution in [0, 0.1) is 0 Å². The summed E-state index contributed by atoms with van der Waals surface area (Å²) < 4.78 is 37.4. The van der Waals surface area contributed by atoms with Crippen LogP contribution in [0.3, 0.4) is 0 Å². The van der Waals surface area contributed by atoms with E-state index in [0.717, 1.165) is 12.1 Å². The number of thiol groups is 1. The van der Waals surface area contributed by atoms with Gasteiger partial charge in [0, 0.05) is 16.7 Å². The van der Waals surface area contributed by atoms with Gasteiger partial charge in [-0.25, -0.2) is 0 Å². The molecule has 17 heavy (non-hydrogen) atoms. The Morgan fingerprint density at radius 1 is 1.06 bits per heavy atom. The van der Waals surface area contributed by atoms with Crippen LogP contribution >= 0.6 is 12.6 Å². The second-order valence-corrected chi connectivity index (χ2v) is 3.93. The predicted molar refractivity (Wildman–Crippen MR) is 61.9 cm³/mol. The maximum Gasteiger partial charge on any atom is 0.416 e. The highest BCUT2D eigenvalue weighted by atomic mass is 32.1. The molecular formula is C12H8F3NS. The minimum absolute atomic E-state index is 0.263. The van der Waals surface area contributed by atoms with E-state index in [9.17, 15) is 13.2 Å². The number of pyridine rings is 1. The van der Waals surface area contributed by atoms with E-state index in [1.807, 2.05) is 0 Å². The Morgan fingerprint density at radius 2 is 1.82 bits per heavy atom. The molecule has 2 aromatic rings. The number of rotatable bonds is 1. The Bertz CT molecular complexity index is 523. The summed E-state index contributed by atoms with van der Waals surface area (Å²) >= 11 is 4.07. The zero-order valence-electron chi connectivity index (χ0n) is 8.57. The molecule has 1 nitrogen and oxygen atoms in total. The Morgan fingerprint density at radius 3 is 2.35 bits per heavy atom. The molecule has 0 radical (unpaired) electrons. The average molecular weight is 255 g/mol. The van der Waals surface area contributed by atoms with Crippen LogP contribution in [-0.2, 0) is 6.18 Å². The van der Waals surface area contributed by atoms with Gasteiger partial charge in [-0.1, -0.05) is 12.1 Å². The molecule has 0 unspecified atom stereocenters. The van der Waals surface area contributed by atoms with Crippen molar-refractivity contribution in [1.82, 2.24) is 4.98 Å². The lowest BCUT2D eigenvalue weighted by Gasteiger charge is -2.10. The smallest absolute Gasteiger partial charge is 0.256 e. The molecule has 0 saturated heterocycles. The first-order chi connectivity index (χ1) is 7.98. The molecule has 88 valence electrons. The number of nitrogens with zero attached hydrogens (tertiary/aromatic N) is 1. The number of hydrogen-bond acceptors (Lipinski definition) is 2. The van der Waals surface area contributed by atoms with Crippen LogP contribution in [0.5, 0.6) is 0 Å². The maximum atomic E-state index is 12.5. The predicted octanol–water partition coefficient (Wildman–Crippen LogP) is 4.06. The molecule has 0 amide bonds. The second-order valence-electron chi connectivity index (χ2n) is 3.44. The van der Waals surface area contributed by atoms with Crippen molar-refractivity contribution in [2.45, 2.75) is 11.1 Å². The normalized spacial score (nSPS) is 11.5. The standard InChI is InChI=1S/C12H8F3NS/c13-12(14,15)8-4-5-9(11(17)7-8)10-3-1-2-6-16-10/h1-7,17H. The fraction of sp³-hybridized carbons (Fsp3) is 0.0833. The highest BCUT2D eigenvalue weighted by molar-refractivity contribution is 7.80. The van der Waals surface area contributed by atoms with E-state index in [1.54, 1.807) is 24.4 Å². The van der Waals surface area contributed by atoms with E-state index < -0.39 is 11.7 Å².